The van der Waals surface area contributed by atoms with Gasteiger partial charge in [-0.1, -0.05) is 0 Å². The van der Waals surface area contributed by atoms with Crippen LogP contribution in [0.5, 0.6) is 0 Å². The number of hydrogen-bond acceptors (Lipinski definition) is 4. The topological polar surface area (TPSA) is 92.7 Å². The molecule has 0 aliphatic carbocycles. The number of carboxylic acid groups (broad SMARTS) is 1. The summed E-state index contributed by atoms with van der Waals surface area (Å²) >= 11 is 0. The Bertz CT molecular complexity index is 557. The van der Waals surface area contributed by atoms with Gasteiger partial charge >= 0.3 is 12.1 Å². The Balaban J connectivity index is 3.11. The summed E-state index contributed by atoms with van der Waals surface area (Å²) < 4.78 is 5.08. The summed E-state index contributed by atoms with van der Waals surface area (Å²) in [6.45, 7) is 6.75. The number of anilines is 1. The molecule has 6 heteroatoms. The van der Waals surface area contributed by atoms with Crippen molar-refractivity contribution in [1.29, 1.82) is 0 Å². The van der Waals surface area contributed by atoms with Crippen LogP contribution in [0.3, 0.4) is 0 Å². The van der Waals surface area contributed by atoms with Gasteiger partial charge in [-0.25, -0.2) is 9.59 Å². The molecule has 1 aromatic rings. The number of carbonyl (C=O) groups is 3. The zero-order chi connectivity index (χ0) is 15.5. The van der Waals surface area contributed by atoms with Crippen LogP contribution in [0, 0.1) is 6.92 Å². The molecule has 0 heterocycles. The third-order valence-corrected chi connectivity index (χ3v) is 2.46. The van der Waals surface area contributed by atoms with Gasteiger partial charge in [-0.05, 0) is 45.4 Å². The number of benzene rings is 1. The number of carbonyl (C=O) groups excluding carboxylic acids is 2. The fourth-order valence-corrected chi connectivity index (χ4v) is 1.53. The van der Waals surface area contributed by atoms with Crippen LogP contribution in [0.1, 0.15) is 47.1 Å². The van der Waals surface area contributed by atoms with Crippen molar-refractivity contribution in [2.45, 2.75) is 33.3 Å². The molecule has 6 nitrogen and oxygen atoms in total. The lowest BCUT2D eigenvalue weighted by molar-refractivity contribution is 0.0632. The largest absolute Gasteiger partial charge is 0.478 e. The fourth-order valence-electron chi connectivity index (χ4n) is 1.53. The quantitative estimate of drug-likeness (QED) is 0.830. The zero-order valence-corrected chi connectivity index (χ0v) is 11.8. The first-order valence-electron chi connectivity index (χ1n) is 5.97. The highest BCUT2D eigenvalue weighted by Gasteiger charge is 2.18. The highest BCUT2D eigenvalue weighted by atomic mass is 16.6. The van der Waals surface area contributed by atoms with Crippen LogP contribution in [0.2, 0.25) is 0 Å². The van der Waals surface area contributed by atoms with Crippen molar-refractivity contribution in [3.8, 4) is 0 Å². The Labute approximate surface area is 116 Å². The number of aromatic carboxylic acids is 1. The van der Waals surface area contributed by atoms with E-state index in [0.29, 0.717) is 11.8 Å². The third kappa shape index (κ3) is 4.08. The lowest BCUT2D eigenvalue weighted by Gasteiger charge is -2.20. The first kappa shape index (κ1) is 15.7. The predicted octanol–water partition coefficient (Wildman–Crippen LogP) is 2.85. The van der Waals surface area contributed by atoms with E-state index in [2.05, 4.69) is 5.32 Å². The second kappa shape index (κ2) is 5.73. The Morgan fingerprint density at radius 3 is 2.35 bits per heavy atom. The van der Waals surface area contributed by atoms with E-state index in [-0.39, 0.29) is 16.8 Å². The van der Waals surface area contributed by atoms with Gasteiger partial charge in [0.15, 0.2) is 0 Å². The van der Waals surface area contributed by atoms with Crippen molar-refractivity contribution in [1.82, 2.24) is 0 Å². The second-order valence-electron chi connectivity index (χ2n) is 5.29. The molecule has 2 N–H and O–H groups in total. The predicted molar refractivity (Wildman–Crippen MR) is 73.4 cm³/mol. The summed E-state index contributed by atoms with van der Waals surface area (Å²) in [5, 5.41) is 11.4. The monoisotopic (exact) mass is 279 g/mol. The van der Waals surface area contributed by atoms with Crippen LogP contribution >= 0.6 is 0 Å². The first-order chi connectivity index (χ1) is 9.14. The molecule has 0 bridgehead atoms. The van der Waals surface area contributed by atoms with Gasteiger partial charge in [0.1, 0.15) is 11.9 Å². The molecule has 0 saturated carbocycles. The van der Waals surface area contributed by atoms with Crippen molar-refractivity contribution in [3.63, 3.8) is 0 Å². The van der Waals surface area contributed by atoms with Gasteiger partial charge in [0.25, 0.3) is 0 Å². The van der Waals surface area contributed by atoms with E-state index >= 15 is 0 Å². The molecule has 0 aromatic heterocycles. The van der Waals surface area contributed by atoms with Crippen LogP contribution < -0.4 is 5.32 Å². The molecule has 108 valence electrons. The number of carboxylic acids is 1. The van der Waals surface area contributed by atoms with E-state index in [0.717, 1.165) is 0 Å². The SMILES string of the molecule is Cc1c(C=O)cc(C(=O)O)cc1NC(=O)OC(C)(C)C. The summed E-state index contributed by atoms with van der Waals surface area (Å²) in [6, 6.07) is 2.54. The summed E-state index contributed by atoms with van der Waals surface area (Å²) in [4.78, 5) is 33.6. The Morgan fingerprint density at radius 1 is 1.30 bits per heavy atom. The standard InChI is InChI=1S/C14H17NO5/c1-8-10(7-16)5-9(12(17)18)6-11(8)15-13(19)20-14(2,3)4/h5-7H,1-4H3,(H,15,19)(H,17,18). The number of rotatable bonds is 3. The van der Waals surface area contributed by atoms with E-state index in [9.17, 15) is 14.4 Å². The molecule has 0 aliphatic rings. The average Bonchev–Trinajstić information content (AvgIpc) is 2.28. The van der Waals surface area contributed by atoms with E-state index in [1.807, 2.05) is 0 Å². The van der Waals surface area contributed by atoms with E-state index in [1.165, 1.54) is 12.1 Å². The normalized spacial score (nSPS) is 10.8. The van der Waals surface area contributed by atoms with Crippen molar-refractivity contribution in [3.05, 3.63) is 28.8 Å². The van der Waals surface area contributed by atoms with Crippen LogP contribution in [-0.4, -0.2) is 29.1 Å². The van der Waals surface area contributed by atoms with Crippen LogP contribution in [0.4, 0.5) is 10.5 Å². The van der Waals surface area contributed by atoms with E-state index in [4.69, 9.17) is 9.84 Å². The molecule has 1 amide bonds. The van der Waals surface area contributed by atoms with Gasteiger partial charge in [0.2, 0.25) is 0 Å². The number of aldehydes is 1. The Hall–Kier alpha value is -2.37. The highest BCUT2D eigenvalue weighted by molar-refractivity contribution is 5.96. The van der Waals surface area contributed by atoms with Crippen molar-refractivity contribution >= 4 is 24.0 Å². The van der Waals surface area contributed by atoms with Crippen LogP contribution in [0.25, 0.3) is 0 Å². The molecule has 20 heavy (non-hydrogen) atoms. The minimum atomic E-state index is -1.18. The lowest BCUT2D eigenvalue weighted by atomic mass is 10.0. The lowest BCUT2D eigenvalue weighted by Crippen LogP contribution is -2.27. The number of amides is 1. The molecule has 0 fully saturated rings. The van der Waals surface area contributed by atoms with Gasteiger partial charge in [0.05, 0.1) is 5.56 Å². The Morgan fingerprint density at radius 2 is 1.90 bits per heavy atom. The molecule has 0 unspecified atom stereocenters. The maximum Gasteiger partial charge on any atom is 0.412 e. The van der Waals surface area contributed by atoms with E-state index in [1.54, 1.807) is 27.7 Å². The molecular weight excluding hydrogens is 262 g/mol. The Kier molecular flexibility index (Phi) is 4.49. The maximum absolute atomic E-state index is 11.7. The number of nitrogens with one attached hydrogen (secondary N) is 1. The fraction of sp³-hybridized carbons (Fsp3) is 0.357. The minimum absolute atomic E-state index is 0.0799. The second-order valence-corrected chi connectivity index (χ2v) is 5.29. The molecule has 1 rings (SSSR count). The molecular formula is C14H17NO5. The maximum atomic E-state index is 11.7. The van der Waals surface area contributed by atoms with Crippen molar-refractivity contribution in [2.24, 2.45) is 0 Å². The van der Waals surface area contributed by atoms with Crippen molar-refractivity contribution in [2.75, 3.05) is 5.32 Å². The smallest absolute Gasteiger partial charge is 0.412 e. The molecule has 0 aliphatic heterocycles. The van der Waals surface area contributed by atoms with Gasteiger partial charge in [0, 0.05) is 11.3 Å². The summed E-state index contributed by atoms with van der Waals surface area (Å²) in [5.41, 5.74) is 0.174. The average molecular weight is 279 g/mol. The highest BCUT2D eigenvalue weighted by Crippen LogP contribution is 2.22. The molecule has 1 aromatic carbocycles. The summed E-state index contributed by atoms with van der Waals surface area (Å²) in [7, 11) is 0. The minimum Gasteiger partial charge on any atom is -0.478 e. The van der Waals surface area contributed by atoms with Gasteiger partial charge in [-0.3, -0.25) is 10.1 Å². The van der Waals surface area contributed by atoms with Crippen LogP contribution in [0.15, 0.2) is 12.1 Å². The van der Waals surface area contributed by atoms with Gasteiger partial charge in [-0.2, -0.15) is 0 Å². The van der Waals surface area contributed by atoms with Crippen molar-refractivity contribution < 1.29 is 24.2 Å². The molecule has 0 spiro atoms. The van der Waals surface area contributed by atoms with Gasteiger partial charge in [-0.15, -0.1) is 0 Å². The molecule has 0 radical (unpaired) electrons. The summed E-state index contributed by atoms with van der Waals surface area (Å²) in [6.07, 6.45) is -0.165. The zero-order valence-electron chi connectivity index (χ0n) is 11.8. The third-order valence-electron chi connectivity index (χ3n) is 2.46. The van der Waals surface area contributed by atoms with Crippen LogP contribution in [-0.2, 0) is 4.74 Å². The molecule has 0 saturated heterocycles. The van der Waals surface area contributed by atoms with Gasteiger partial charge < -0.3 is 9.84 Å². The molecule has 0 atom stereocenters. The number of ether oxygens (including phenoxy) is 1. The van der Waals surface area contributed by atoms with E-state index < -0.39 is 17.7 Å². The summed E-state index contributed by atoms with van der Waals surface area (Å²) in [5.74, 6) is -1.18. The number of hydrogen-bond donors (Lipinski definition) is 2. The first-order valence-corrected chi connectivity index (χ1v) is 5.97.